The van der Waals surface area contributed by atoms with Gasteiger partial charge in [-0.2, -0.15) is 0 Å². The van der Waals surface area contributed by atoms with E-state index in [-0.39, 0.29) is 5.91 Å². The molecule has 0 radical (unpaired) electrons. The number of hydrogen-bond donors (Lipinski definition) is 1. The first-order chi connectivity index (χ1) is 11.7. The lowest BCUT2D eigenvalue weighted by Gasteiger charge is -2.39. The van der Waals surface area contributed by atoms with Crippen LogP contribution < -0.4 is 4.90 Å². The highest BCUT2D eigenvalue weighted by Crippen LogP contribution is 2.27. The Morgan fingerprint density at radius 2 is 1.88 bits per heavy atom. The molecule has 0 spiro atoms. The van der Waals surface area contributed by atoms with Crippen LogP contribution in [0.25, 0.3) is 0 Å². The minimum Gasteiger partial charge on any atom is -0.506 e. The first-order valence-electron chi connectivity index (χ1n) is 9.24. The van der Waals surface area contributed by atoms with Crippen molar-refractivity contribution < 1.29 is 9.90 Å². The second-order valence-corrected chi connectivity index (χ2v) is 6.90. The number of hydrogen-bond acceptors (Lipinski definition) is 4. The monoisotopic (exact) mass is 331 g/mol. The number of benzene rings is 1. The number of rotatable bonds is 4. The van der Waals surface area contributed by atoms with E-state index in [2.05, 4.69) is 21.6 Å². The van der Waals surface area contributed by atoms with Gasteiger partial charge in [0.05, 0.1) is 12.2 Å². The molecule has 5 heteroatoms. The molecule has 1 aromatic rings. The number of aromatic hydroxyl groups is 1. The number of likely N-dealkylation sites (tertiary alicyclic amines) is 1. The topological polar surface area (TPSA) is 47.0 Å². The Kier molecular flexibility index (Phi) is 5.61. The fraction of sp³-hybridized carbons (Fsp3) is 0.632. The Hall–Kier alpha value is -1.75. The molecule has 5 nitrogen and oxygen atoms in total. The summed E-state index contributed by atoms with van der Waals surface area (Å²) in [6, 6.07) is 7.92. The SMILES string of the molecule is CC[C@H]1CCCCN1C(=O)CN1CCN(c2ccccc2O)CC1. The van der Waals surface area contributed by atoms with Crippen LogP contribution in [0.4, 0.5) is 5.69 Å². The number of piperidine rings is 1. The smallest absolute Gasteiger partial charge is 0.236 e. The predicted octanol–water partition coefficient (Wildman–Crippen LogP) is 2.31. The van der Waals surface area contributed by atoms with Crippen molar-refractivity contribution in [2.75, 3.05) is 44.2 Å². The van der Waals surface area contributed by atoms with Crippen molar-refractivity contribution in [3.63, 3.8) is 0 Å². The largest absolute Gasteiger partial charge is 0.506 e. The summed E-state index contributed by atoms with van der Waals surface area (Å²) in [5.74, 6) is 0.624. The van der Waals surface area contributed by atoms with Crippen LogP contribution >= 0.6 is 0 Å². The van der Waals surface area contributed by atoms with Crippen LogP contribution in [0, 0.1) is 0 Å². The molecule has 1 N–H and O–H groups in total. The van der Waals surface area contributed by atoms with Crippen molar-refractivity contribution in [1.82, 2.24) is 9.80 Å². The highest BCUT2D eigenvalue weighted by molar-refractivity contribution is 5.78. The van der Waals surface area contributed by atoms with Gasteiger partial charge in [0, 0.05) is 38.8 Å². The quantitative estimate of drug-likeness (QED) is 0.920. The molecule has 0 unspecified atom stereocenters. The van der Waals surface area contributed by atoms with E-state index >= 15 is 0 Å². The molecule has 0 aliphatic carbocycles. The molecule has 2 aliphatic rings. The molecule has 2 saturated heterocycles. The number of phenols is 1. The van der Waals surface area contributed by atoms with Crippen molar-refractivity contribution in [1.29, 1.82) is 0 Å². The number of phenolic OH excluding ortho intramolecular Hbond substituents is 1. The molecule has 2 fully saturated rings. The molecule has 0 saturated carbocycles. The zero-order chi connectivity index (χ0) is 16.9. The van der Waals surface area contributed by atoms with Crippen molar-refractivity contribution in [3.8, 4) is 5.75 Å². The maximum atomic E-state index is 12.7. The van der Waals surface area contributed by atoms with Crippen molar-refractivity contribution in [2.45, 2.75) is 38.6 Å². The highest BCUT2D eigenvalue weighted by Gasteiger charge is 2.27. The first-order valence-corrected chi connectivity index (χ1v) is 9.24. The number of carbonyl (C=O) groups excluding carboxylic acids is 1. The maximum absolute atomic E-state index is 12.7. The maximum Gasteiger partial charge on any atom is 0.236 e. The third-order valence-electron chi connectivity index (χ3n) is 5.37. The third-order valence-corrected chi connectivity index (χ3v) is 5.37. The van der Waals surface area contributed by atoms with E-state index in [1.54, 1.807) is 6.07 Å². The fourth-order valence-electron chi connectivity index (χ4n) is 3.91. The lowest BCUT2D eigenvalue weighted by Crippen LogP contribution is -2.52. The minimum atomic E-state index is 0.289. The zero-order valence-electron chi connectivity index (χ0n) is 14.7. The fourth-order valence-corrected chi connectivity index (χ4v) is 3.91. The number of piperazine rings is 1. The normalized spacial score (nSPS) is 22.6. The number of amides is 1. The van der Waals surface area contributed by atoms with Crippen LogP contribution in [0.3, 0.4) is 0 Å². The molecule has 2 heterocycles. The van der Waals surface area contributed by atoms with E-state index < -0.39 is 0 Å². The lowest BCUT2D eigenvalue weighted by molar-refractivity contribution is -0.136. The van der Waals surface area contributed by atoms with Crippen LogP contribution in [-0.2, 0) is 4.79 Å². The van der Waals surface area contributed by atoms with Crippen LogP contribution in [-0.4, -0.2) is 66.1 Å². The average molecular weight is 331 g/mol. The van der Waals surface area contributed by atoms with Crippen molar-refractivity contribution >= 4 is 11.6 Å². The van der Waals surface area contributed by atoms with Crippen LogP contribution in [0.5, 0.6) is 5.75 Å². The molecule has 0 aromatic heterocycles. The van der Waals surface area contributed by atoms with Gasteiger partial charge in [0.25, 0.3) is 0 Å². The second kappa shape index (κ2) is 7.88. The van der Waals surface area contributed by atoms with Gasteiger partial charge in [-0.15, -0.1) is 0 Å². The van der Waals surface area contributed by atoms with Gasteiger partial charge in [-0.1, -0.05) is 19.1 Å². The molecular formula is C19H29N3O2. The molecular weight excluding hydrogens is 302 g/mol. The molecule has 3 rings (SSSR count). The van der Waals surface area contributed by atoms with Gasteiger partial charge in [0.1, 0.15) is 5.75 Å². The number of anilines is 1. The molecule has 1 amide bonds. The molecule has 0 bridgehead atoms. The summed E-state index contributed by atoms with van der Waals surface area (Å²) < 4.78 is 0. The number of nitrogens with zero attached hydrogens (tertiary/aromatic N) is 3. The van der Waals surface area contributed by atoms with E-state index in [1.807, 2.05) is 18.2 Å². The molecule has 2 aliphatic heterocycles. The van der Waals surface area contributed by atoms with Gasteiger partial charge < -0.3 is 14.9 Å². The summed E-state index contributed by atoms with van der Waals surface area (Å²) in [5.41, 5.74) is 0.894. The van der Waals surface area contributed by atoms with Crippen LogP contribution in [0.2, 0.25) is 0 Å². The first kappa shape index (κ1) is 17.1. The summed E-state index contributed by atoms with van der Waals surface area (Å²) in [7, 11) is 0. The third kappa shape index (κ3) is 3.83. The van der Waals surface area contributed by atoms with E-state index in [4.69, 9.17) is 0 Å². The van der Waals surface area contributed by atoms with Gasteiger partial charge in [0.15, 0.2) is 0 Å². The Morgan fingerprint density at radius 3 is 2.58 bits per heavy atom. The van der Waals surface area contributed by atoms with E-state index in [1.165, 1.54) is 6.42 Å². The standard InChI is InChI=1S/C19H29N3O2/c1-2-16-7-5-6-10-22(16)19(24)15-20-11-13-21(14-12-20)17-8-3-4-9-18(17)23/h3-4,8-9,16,23H,2,5-7,10-15H2,1H3/t16-/m0/s1. The number of carbonyl (C=O) groups is 1. The van der Waals surface area contributed by atoms with Crippen molar-refractivity contribution in [2.24, 2.45) is 0 Å². The second-order valence-electron chi connectivity index (χ2n) is 6.90. The van der Waals surface area contributed by atoms with Gasteiger partial charge in [0.2, 0.25) is 5.91 Å². The molecule has 132 valence electrons. The Bertz CT molecular complexity index is 555. The van der Waals surface area contributed by atoms with Crippen molar-refractivity contribution in [3.05, 3.63) is 24.3 Å². The molecule has 1 aromatic carbocycles. The van der Waals surface area contributed by atoms with Gasteiger partial charge in [-0.3, -0.25) is 9.69 Å². The van der Waals surface area contributed by atoms with Gasteiger partial charge in [-0.05, 0) is 37.8 Å². The zero-order valence-corrected chi connectivity index (χ0v) is 14.7. The average Bonchev–Trinajstić information content (AvgIpc) is 2.63. The highest BCUT2D eigenvalue weighted by atomic mass is 16.3. The molecule has 1 atom stereocenters. The van der Waals surface area contributed by atoms with E-state index in [0.29, 0.717) is 18.3 Å². The Morgan fingerprint density at radius 1 is 1.12 bits per heavy atom. The molecule has 24 heavy (non-hydrogen) atoms. The van der Waals surface area contributed by atoms with E-state index in [0.717, 1.165) is 57.7 Å². The van der Waals surface area contributed by atoms with Crippen LogP contribution in [0.1, 0.15) is 32.6 Å². The summed E-state index contributed by atoms with van der Waals surface area (Å²) in [6.07, 6.45) is 4.61. The van der Waals surface area contributed by atoms with Crippen LogP contribution in [0.15, 0.2) is 24.3 Å². The van der Waals surface area contributed by atoms with Gasteiger partial charge >= 0.3 is 0 Å². The minimum absolute atomic E-state index is 0.289. The lowest BCUT2D eigenvalue weighted by atomic mass is 10.00. The summed E-state index contributed by atoms with van der Waals surface area (Å²) in [6.45, 7) is 7.07. The number of para-hydroxylation sites is 2. The Labute approximate surface area is 144 Å². The van der Waals surface area contributed by atoms with E-state index in [9.17, 15) is 9.90 Å². The summed E-state index contributed by atoms with van der Waals surface area (Å²) in [4.78, 5) is 19.2. The predicted molar refractivity (Wildman–Crippen MR) is 96.4 cm³/mol. The summed E-state index contributed by atoms with van der Waals surface area (Å²) >= 11 is 0. The van der Waals surface area contributed by atoms with Gasteiger partial charge in [-0.25, -0.2) is 0 Å². The Balaban J connectivity index is 1.52. The summed E-state index contributed by atoms with van der Waals surface area (Å²) in [5, 5.41) is 9.98.